The topological polar surface area (TPSA) is 234 Å². The predicted molar refractivity (Wildman–Crippen MR) is 177 cm³/mol. The number of benzene rings is 2. The van der Waals surface area contributed by atoms with Crippen LogP contribution in [0.25, 0.3) is 0 Å². The van der Waals surface area contributed by atoms with Crippen LogP contribution in [0.15, 0.2) is 53.4 Å². The SMILES string of the molecule is NS(=O)(=O)c1ccc(CCNC(=O)CC[C@@](I)(NC(=O)NC(CCCCNC(=O)c2cccc(I)c2)C(=O)O)C(=O)O)cc1. The summed E-state index contributed by atoms with van der Waals surface area (Å²) in [5, 5.41) is 34.2. The van der Waals surface area contributed by atoms with Crippen LogP contribution in [0.5, 0.6) is 0 Å². The molecular formula is C27H33I2N5O9S. The monoisotopic (exact) mass is 857 g/mol. The minimum Gasteiger partial charge on any atom is -0.480 e. The highest BCUT2D eigenvalue weighted by Gasteiger charge is 2.38. The van der Waals surface area contributed by atoms with Crippen molar-refractivity contribution in [2.75, 3.05) is 13.1 Å². The van der Waals surface area contributed by atoms with Crippen LogP contribution in [0.2, 0.25) is 0 Å². The molecule has 2 aromatic rings. The first-order valence-corrected chi connectivity index (χ1v) is 17.0. The predicted octanol–water partition coefficient (Wildman–Crippen LogP) is 1.95. The Hall–Kier alpha value is -3.04. The summed E-state index contributed by atoms with van der Waals surface area (Å²) in [6.07, 6.45) is 0.676. The number of carbonyl (C=O) groups is 5. The van der Waals surface area contributed by atoms with Crippen LogP contribution >= 0.6 is 45.2 Å². The average molecular weight is 857 g/mol. The number of unbranched alkanes of at least 4 members (excludes halogenated alkanes) is 1. The number of primary sulfonamides is 1. The highest BCUT2D eigenvalue weighted by atomic mass is 127. The fourth-order valence-electron chi connectivity index (χ4n) is 3.83. The summed E-state index contributed by atoms with van der Waals surface area (Å²) in [7, 11) is -3.81. The standard InChI is InChI=1S/C27H33I2N5O9S/c28-19-5-3-4-18(16-19)23(36)32-14-2-1-6-21(24(37)38)33-26(41)34-27(29,25(39)40)13-11-22(35)31-15-12-17-7-9-20(10-8-17)44(30,42)43/h3-5,7-10,16,21H,1-2,6,11-15H2,(H,31,35)(H,32,36)(H,37,38)(H,39,40)(H2,30,42,43)(H2,33,34,41)/t21?,27-/m1/s1. The molecule has 2 rings (SSSR count). The maximum atomic E-state index is 12.5. The van der Waals surface area contributed by atoms with Gasteiger partial charge in [-0.1, -0.05) is 18.2 Å². The fourth-order valence-corrected chi connectivity index (χ4v) is 5.40. The fraction of sp³-hybridized carbons (Fsp3) is 0.370. The van der Waals surface area contributed by atoms with Gasteiger partial charge in [-0.25, -0.2) is 27.9 Å². The van der Waals surface area contributed by atoms with E-state index in [2.05, 4.69) is 43.9 Å². The number of urea groups is 1. The van der Waals surface area contributed by atoms with Gasteiger partial charge in [-0.05, 0) is 113 Å². The summed E-state index contributed by atoms with van der Waals surface area (Å²) >= 11 is 3.59. The van der Waals surface area contributed by atoms with Crippen molar-refractivity contribution < 1.29 is 42.6 Å². The lowest BCUT2D eigenvalue weighted by molar-refractivity contribution is -0.140. The number of sulfonamides is 1. The van der Waals surface area contributed by atoms with Crippen molar-refractivity contribution in [3.8, 4) is 0 Å². The third-order valence-corrected chi connectivity index (χ3v) is 9.10. The van der Waals surface area contributed by atoms with Gasteiger partial charge in [0.1, 0.15) is 6.04 Å². The van der Waals surface area contributed by atoms with Crippen LogP contribution in [0.4, 0.5) is 4.79 Å². The van der Waals surface area contributed by atoms with Crippen molar-refractivity contribution >= 4 is 85.0 Å². The molecule has 0 heterocycles. The van der Waals surface area contributed by atoms with Crippen molar-refractivity contribution in [1.82, 2.24) is 21.3 Å². The molecule has 0 radical (unpaired) electrons. The molecule has 14 nitrogen and oxygen atoms in total. The van der Waals surface area contributed by atoms with Crippen molar-refractivity contribution in [2.45, 2.75) is 53.0 Å². The average Bonchev–Trinajstić information content (AvgIpc) is 2.94. The minimum atomic E-state index is -3.81. The van der Waals surface area contributed by atoms with Crippen LogP contribution in [0, 0.1) is 3.57 Å². The number of hydrogen-bond donors (Lipinski definition) is 7. The number of carboxylic acids is 2. The van der Waals surface area contributed by atoms with Gasteiger partial charge < -0.3 is 31.5 Å². The zero-order valence-electron chi connectivity index (χ0n) is 23.3. The van der Waals surface area contributed by atoms with E-state index in [1.807, 2.05) is 6.07 Å². The number of halogens is 2. The number of amides is 4. The Bertz CT molecular complexity index is 1460. The van der Waals surface area contributed by atoms with Crippen LogP contribution in [0.1, 0.15) is 48.0 Å². The quantitative estimate of drug-likeness (QED) is 0.0533. The van der Waals surface area contributed by atoms with Gasteiger partial charge in [0.15, 0.2) is 3.55 Å². The summed E-state index contributed by atoms with van der Waals surface area (Å²) in [6.45, 7) is 0.490. The van der Waals surface area contributed by atoms with E-state index in [1.54, 1.807) is 30.3 Å². The maximum absolute atomic E-state index is 12.5. The van der Waals surface area contributed by atoms with E-state index < -0.39 is 43.5 Å². The van der Waals surface area contributed by atoms with Crippen molar-refractivity contribution in [2.24, 2.45) is 5.14 Å². The lowest BCUT2D eigenvalue weighted by Gasteiger charge is -2.25. The van der Waals surface area contributed by atoms with Crippen LogP contribution in [-0.2, 0) is 30.8 Å². The smallest absolute Gasteiger partial charge is 0.339 e. The lowest BCUT2D eigenvalue weighted by Crippen LogP contribution is -2.56. The second-order valence-electron chi connectivity index (χ2n) is 9.65. The molecule has 0 aliphatic carbocycles. The Kier molecular flexibility index (Phi) is 14.7. The molecule has 2 atom stereocenters. The van der Waals surface area contributed by atoms with Gasteiger partial charge in [0.2, 0.25) is 15.9 Å². The van der Waals surface area contributed by atoms with E-state index in [4.69, 9.17) is 5.14 Å². The Morgan fingerprint density at radius 1 is 0.955 bits per heavy atom. The minimum absolute atomic E-state index is 0.0380. The largest absolute Gasteiger partial charge is 0.480 e. The highest BCUT2D eigenvalue weighted by Crippen LogP contribution is 2.22. The summed E-state index contributed by atoms with van der Waals surface area (Å²) in [4.78, 5) is 60.6. The van der Waals surface area contributed by atoms with E-state index in [0.717, 1.165) is 9.13 Å². The van der Waals surface area contributed by atoms with Crippen LogP contribution < -0.4 is 26.4 Å². The van der Waals surface area contributed by atoms with Gasteiger partial charge >= 0.3 is 18.0 Å². The number of aliphatic carboxylic acids is 2. The van der Waals surface area contributed by atoms with Crippen LogP contribution in [-0.4, -0.2) is 71.1 Å². The third kappa shape index (κ3) is 12.9. The zero-order valence-corrected chi connectivity index (χ0v) is 28.5. The summed E-state index contributed by atoms with van der Waals surface area (Å²) in [6, 6.07) is 10.5. The highest BCUT2D eigenvalue weighted by molar-refractivity contribution is 14.1. The number of alkyl halides is 1. The number of carbonyl (C=O) groups excluding carboxylic acids is 3. The zero-order chi connectivity index (χ0) is 32.9. The summed E-state index contributed by atoms with van der Waals surface area (Å²) < 4.78 is 21.7. The third-order valence-electron chi connectivity index (χ3n) is 6.23. The molecule has 17 heteroatoms. The second kappa shape index (κ2) is 17.4. The van der Waals surface area contributed by atoms with Gasteiger partial charge in [0.05, 0.1) is 4.90 Å². The lowest BCUT2D eigenvalue weighted by atomic mass is 10.1. The molecule has 1 unspecified atom stereocenters. The number of carboxylic acid groups (broad SMARTS) is 2. The molecule has 0 aliphatic heterocycles. The van der Waals surface area contributed by atoms with Gasteiger partial charge in [-0.3, -0.25) is 9.59 Å². The van der Waals surface area contributed by atoms with E-state index in [9.17, 15) is 42.6 Å². The number of nitrogens with two attached hydrogens (primary N) is 1. The molecule has 44 heavy (non-hydrogen) atoms. The van der Waals surface area contributed by atoms with Gasteiger partial charge in [-0.15, -0.1) is 0 Å². The molecule has 8 N–H and O–H groups in total. The summed E-state index contributed by atoms with van der Waals surface area (Å²) in [5.74, 6) is -3.47. The van der Waals surface area contributed by atoms with Crippen molar-refractivity contribution in [3.63, 3.8) is 0 Å². The molecule has 2 aromatic carbocycles. The summed E-state index contributed by atoms with van der Waals surface area (Å²) in [5.41, 5.74) is 1.25. The van der Waals surface area contributed by atoms with E-state index >= 15 is 0 Å². The first-order valence-electron chi connectivity index (χ1n) is 13.3. The van der Waals surface area contributed by atoms with E-state index in [0.29, 0.717) is 31.4 Å². The molecule has 4 amide bonds. The van der Waals surface area contributed by atoms with E-state index in [1.165, 1.54) is 34.7 Å². The Morgan fingerprint density at radius 3 is 2.23 bits per heavy atom. The molecule has 0 bridgehead atoms. The maximum Gasteiger partial charge on any atom is 0.339 e. The molecule has 0 aromatic heterocycles. The number of nitrogens with one attached hydrogen (secondary N) is 4. The van der Waals surface area contributed by atoms with E-state index in [-0.39, 0.29) is 36.6 Å². The molecule has 0 spiro atoms. The van der Waals surface area contributed by atoms with Crippen molar-refractivity contribution in [1.29, 1.82) is 0 Å². The number of rotatable bonds is 17. The van der Waals surface area contributed by atoms with Gasteiger partial charge in [-0.2, -0.15) is 0 Å². The molecule has 0 fully saturated rings. The van der Waals surface area contributed by atoms with Gasteiger partial charge in [0, 0.05) is 28.6 Å². The second-order valence-corrected chi connectivity index (χ2v) is 14.3. The normalized spacial score (nSPS) is 13.2. The Morgan fingerprint density at radius 2 is 1.64 bits per heavy atom. The van der Waals surface area contributed by atoms with Gasteiger partial charge in [0.25, 0.3) is 5.91 Å². The number of hydrogen-bond acceptors (Lipinski definition) is 7. The molecule has 0 aliphatic rings. The Balaban J connectivity index is 1.77. The Labute approximate surface area is 281 Å². The molecular weight excluding hydrogens is 824 g/mol. The van der Waals surface area contributed by atoms with Crippen LogP contribution in [0.3, 0.4) is 0 Å². The first kappa shape index (κ1) is 37.1. The molecule has 0 saturated carbocycles. The molecule has 240 valence electrons. The molecule has 0 saturated heterocycles. The van der Waals surface area contributed by atoms with Crippen molar-refractivity contribution in [3.05, 3.63) is 63.2 Å². The first-order chi connectivity index (χ1) is 20.6.